The molecule has 0 saturated carbocycles. The van der Waals surface area contributed by atoms with Gasteiger partial charge in [0.15, 0.2) is 5.78 Å². The normalized spacial score (nSPS) is 10.8. The van der Waals surface area contributed by atoms with E-state index in [0.29, 0.717) is 5.56 Å². The Bertz CT molecular complexity index is 755. The minimum atomic E-state index is -0.343. The van der Waals surface area contributed by atoms with Crippen molar-refractivity contribution in [2.24, 2.45) is 0 Å². The summed E-state index contributed by atoms with van der Waals surface area (Å²) in [6, 6.07) is 7.53. The Morgan fingerprint density at radius 1 is 1.20 bits per heavy atom. The lowest BCUT2D eigenvalue weighted by Gasteiger charge is -2.02. The maximum Gasteiger partial charge on any atom is 0.173 e. The Morgan fingerprint density at radius 2 is 2.00 bits per heavy atom. The largest absolute Gasteiger partial charge is 0.293 e. The summed E-state index contributed by atoms with van der Waals surface area (Å²) in [4.78, 5) is 21.3. The number of thioether (sulfide) groups is 1. The number of benzene rings is 1. The summed E-state index contributed by atoms with van der Waals surface area (Å²) in [5.41, 5.74) is 0.509. The molecule has 0 spiro atoms. The molecule has 0 unspecified atom stereocenters. The van der Waals surface area contributed by atoms with Crippen molar-refractivity contribution in [2.45, 2.75) is 5.03 Å². The summed E-state index contributed by atoms with van der Waals surface area (Å²) in [5, 5.41) is 3.71. The van der Waals surface area contributed by atoms with Gasteiger partial charge in [0.25, 0.3) is 0 Å². The van der Waals surface area contributed by atoms with Crippen molar-refractivity contribution in [3.63, 3.8) is 0 Å². The fourth-order valence-corrected chi connectivity index (χ4v) is 3.41. The van der Waals surface area contributed by atoms with Crippen LogP contribution >= 0.6 is 23.1 Å². The molecule has 0 aliphatic heterocycles. The van der Waals surface area contributed by atoms with Crippen LogP contribution in [0.1, 0.15) is 10.4 Å². The molecule has 0 N–H and O–H groups in total. The van der Waals surface area contributed by atoms with E-state index in [1.165, 1.54) is 42.4 Å². The number of hydrogen-bond donors (Lipinski definition) is 0. The zero-order valence-corrected chi connectivity index (χ0v) is 11.9. The molecule has 0 saturated heterocycles. The van der Waals surface area contributed by atoms with Crippen LogP contribution < -0.4 is 0 Å². The highest BCUT2D eigenvalue weighted by atomic mass is 32.2. The minimum Gasteiger partial charge on any atom is -0.293 e. The summed E-state index contributed by atoms with van der Waals surface area (Å²) >= 11 is 2.92. The topological polar surface area (TPSA) is 42.9 Å². The number of nitrogens with zero attached hydrogens (tertiary/aromatic N) is 2. The second kappa shape index (κ2) is 5.68. The lowest BCUT2D eigenvalue weighted by molar-refractivity contribution is 0.102. The smallest absolute Gasteiger partial charge is 0.173 e. The molecule has 1 aromatic carbocycles. The van der Waals surface area contributed by atoms with Gasteiger partial charge in [-0.3, -0.25) is 4.79 Å². The van der Waals surface area contributed by atoms with Crippen LogP contribution in [0.2, 0.25) is 0 Å². The number of thiophene rings is 1. The van der Waals surface area contributed by atoms with Gasteiger partial charge in [-0.25, -0.2) is 14.4 Å². The molecule has 100 valence electrons. The lowest BCUT2D eigenvalue weighted by atomic mass is 10.1. The van der Waals surface area contributed by atoms with Crippen LogP contribution in [-0.2, 0) is 0 Å². The fourth-order valence-electron chi connectivity index (χ4n) is 1.74. The lowest BCUT2D eigenvalue weighted by Crippen LogP contribution is -2.02. The Labute approximate surface area is 122 Å². The number of aromatic nitrogens is 2. The van der Waals surface area contributed by atoms with Crippen LogP contribution in [-0.4, -0.2) is 21.5 Å². The van der Waals surface area contributed by atoms with Crippen molar-refractivity contribution in [1.82, 2.24) is 9.97 Å². The summed E-state index contributed by atoms with van der Waals surface area (Å²) < 4.78 is 12.8. The van der Waals surface area contributed by atoms with Gasteiger partial charge < -0.3 is 0 Å². The first kappa shape index (κ1) is 13.2. The molecule has 2 aromatic heterocycles. The Balaban J connectivity index is 1.74. The molecule has 0 fully saturated rings. The van der Waals surface area contributed by atoms with E-state index >= 15 is 0 Å². The van der Waals surface area contributed by atoms with Gasteiger partial charge in [-0.1, -0.05) is 11.8 Å². The Morgan fingerprint density at radius 3 is 2.80 bits per heavy atom. The van der Waals surface area contributed by atoms with Crippen LogP contribution in [0, 0.1) is 5.82 Å². The molecule has 0 amide bonds. The predicted molar refractivity (Wildman–Crippen MR) is 78.9 cm³/mol. The van der Waals surface area contributed by atoms with E-state index in [1.54, 1.807) is 11.3 Å². The molecule has 0 bridgehead atoms. The first-order chi connectivity index (χ1) is 9.74. The van der Waals surface area contributed by atoms with Crippen LogP contribution in [0.15, 0.2) is 47.1 Å². The number of rotatable bonds is 4. The average molecular weight is 304 g/mol. The van der Waals surface area contributed by atoms with Crippen LogP contribution in [0.3, 0.4) is 0 Å². The summed E-state index contributed by atoms with van der Waals surface area (Å²) in [7, 11) is 0. The molecule has 20 heavy (non-hydrogen) atoms. The third kappa shape index (κ3) is 2.71. The highest BCUT2D eigenvalue weighted by Gasteiger charge is 2.10. The van der Waals surface area contributed by atoms with Crippen molar-refractivity contribution in [2.75, 3.05) is 5.75 Å². The molecule has 0 radical (unpaired) electrons. The Hall–Kier alpha value is -1.79. The first-order valence-corrected chi connectivity index (χ1v) is 7.70. The van der Waals surface area contributed by atoms with Crippen LogP contribution in [0.25, 0.3) is 10.2 Å². The van der Waals surface area contributed by atoms with Gasteiger partial charge in [0.05, 0.1) is 5.75 Å². The molecule has 0 atom stereocenters. The molecular formula is C14H9FN2OS2. The number of hydrogen-bond acceptors (Lipinski definition) is 5. The summed E-state index contributed by atoms with van der Waals surface area (Å²) in [5.74, 6) is -0.116. The van der Waals surface area contributed by atoms with Crippen molar-refractivity contribution in [3.05, 3.63) is 53.4 Å². The zero-order valence-electron chi connectivity index (χ0n) is 10.2. The van der Waals surface area contributed by atoms with Gasteiger partial charge in [-0.2, -0.15) is 0 Å². The number of carbonyl (C=O) groups is 1. The number of ketones is 1. The number of halogens is 1. The van der Waals surface area contributed by atoms with Crippen molar-refractivity contribution >= 4 is 39.1 Å². The van der Waals surface area contributed by atoms with E-state index in [1.807, 2.05) is 11.4 Å². The van der Waals surface area contributed by atoms with E-state index in [-0.39, 0.29) is 17.4 Å². The average Bonchev–Trinajstić information content (AvgIpc) is 2.94. The molecule has 0 aliphatic carbocycles. The van der Waals surface area contributed by atoms with Crippen LogP contribution in [0.5, 0.6) is 0 Å². The predicted octanol–water partition coefficient (Wildman–Crippen LogP) is 3.81. The van der Waals surface area contributed by atoms with E-state index in [2.05, 4.69) is 9.97 Å². The molecule has 3 nitrogen and oxygen atoms in total. The number of fused-ring (bicyclic) bond motifs is 1. The van der Waals surface area contributed by atoms with Crippen molar-refractivity contribution in [3.8, 4) is 0 Å². The molecule has 3 aromatic rings. The molecular weight excluding hydrogens is 295 g/mol. The first-order valence-electron chi connectivity index (χ1n) is 5.84. The van der Waals surface area contributed by atoms with Gasteiger partial charge >= 0.3 is 0 Å². The van der Waals surface area contributed by atoms with E-state index in [4.69, 9.17) is 0 Å². The summed E-state index contributed by atoms with van der Waals surface area (Å²) in [6.45, 7) is 0. The third-order valence-corrected chi connectivity index (χ3v) is 4.56. The monoisotopic (exact) mass is 304 g/mol. The van der Waals surface area contributed by atoms with Gasteiger partial charge in [0, 0.05) is 10.9 Å². The SMILES string of the molecule is O=C(CSc1ncnc2sccc12)c1ccc(F)cc1. The molecule has 3 rings (SSSR count). The third-order valence-electron chi connectivity index (χ3n) is 2.73. The summed E-state index contributed by atoms with van der Waals surface area (Å²) in [6.07, 6.45) is 1.50. The maximum absolute atomic E-state index is 12.8. The van der Waals surface area contributed by atoms with Crippen molar-refractivity contribution in [1.29, 1.82) is 0 Å². The molecule has 6 heteroatoms. The van der Waals surface area contributed by atoms with Gasteiger partial charge in [0.1, 0.15) is 22.0 Å². The van der Waals surface area contributed by atoms with E-state index < -0.39 is 0 Å². The standard InChI is InChI=1S/C14H9FN2OS2/c15-10-3-1-9(2-4-10)12(18)7-20-14-11-5-6-19-13(11)16-8-17-14/h1-6,8H,7H2. The minimum absolute atomic E-state index is 0.0445. The van der Waals surface area contributed by atoms with Gasteiger partial charge in [0.2, 0.25) is 0 Å². The van der Waals surface area contributed by atoms with Crippen LogP contribution in [0.4, 0.5) is 4.39 Å². The maximum atomic E-state index is 12.8. The fraction of sp³-hybridized carbons (Fsp3) is 0.0714. The second-order valence-electron chi connectivity index (χ2n) is 4.04. The zero-order chi connectivity index (χ0) is 13.9. The Kier molecular flexibility index (Phi) is 3.75. The van der Waals surface area contributed by atoms with E-state index in [9.17, 15) is 9.18 Å². The number of Topliss-reactive ketones (excluding diaryl/α,β-unsaturated/α-hetero) is 1. The molecule has 0 aliphatic rings. The van der Waals surface area contributed by atoms with Crippen molar-refractivity contribution < 1.29 is 9.18 Å². The van der Waals surface area contributed by atoms with E-state index in [0.717, 1.165) is 15.2 Å². The quantitative estimate of drug-likeness (QED) is 0.418. The highest BCUT2D eigenvalue weighted by Crippen LogP contribution is 2.28. The molecule has 2 heterocycles. The highest BCUT2D eigenvalue weighted by molar-refractivity contribution is 8.00. The second-order valence-corrected chi connectivity index (χ2v) is 5.90. The van der Waals surface area contributed by atoms with Gasteiger partial charge in [-0.05, 0) is 35.7 Å². The number of carbonyl (C=O) groups excluding carboxylic acids is 1. The van der Waals surface area contributed by atoms with Gasteiger partial charge in [-0.15, -0.1) is 11.3 Å².